The van der Waals surface area contributed by atoms with E-state index >= 15 is 0 Å². The van der Waals surface area contributed by atoms with E-state index < -0.39 is 27.9 Å². The van der Waals surface area contributed by atoms with Gasteiger partial charge in [0.1, 0.15) is 6.04 Å². The van der Waals surface area contributed by atoms with Crippen molar-refractivity contribution in [1.82, 2.24) is 5.32 Å². The number of benzene rings is 2. The van der Waals surface area contributed by atoms with Gasteiger partial charge in [-0.05, 0) is 65.7 Å². The van der Waals surface area contributed by atoms with Crippen LogP contribution in [-0.2, 0) is 19.6 Å². The molecule has 0 saturated carbocycles. The highest BCUT2D eigenvalue weighted by Gasteiger charge is 2.20. The first-order valence-corrected chi connectivity index (χ1v) is 10.2. The van der Waals surface area contributed by atoms with Crippen LogP contribution < -0.4 is 10.0 Å². The summed E-state index contributed by atoms with van der Waals surface area (Å²) in [7, 11) is -2.69. The topological polar surface area (TPSA) is 102 Å². The molecule has 2 aromatic carbocycles. The van der Waals surface area contributed by atoms with Gasteiger partial charge in [-0.1, -0.05) is 12.1 Å². The van der Waals surface area contributed by atoms with Crippen molar-refractivity contribution >= 4 is 43.5 Å². The second kappa shape index (κ2) is 8.53. The first kappa shape index (κ1) is 20.9. The minimum absolute atomic E-state index is 0.0747. The lowest BCUT2D eigenvalue weighted by Gasteiger charge is -2.13. The molecule has 144 valence electrons. The van der Waals surface area contributed by atoms with E-state index in [1.54, 1.807) is 12.1 Å². The average Bonchev–Trinajstić information content (AvgIpc) is 2.63. The molecule has 27 heavy (non-hydrogen) atoms. The summed E-state index contributed by atoms with van der Waals surface area (Å²) < 4.78 is 33.0. The number of ether oxygens (including phenoxy) is 1. The Morgan fingerprint density at radius 2 is 1.85 bits per heavy atom. The molecule has 0 aliphatic heterocycles. The quantitative estimate of drug-likeness (QED) is 0.653. The lowest BCUT2D eigenvalue weighted by molar-refractivity contribution is -0.142. The molecule has 0 aromatic heterocycles. The Kier molecular flexibility index (Phi) is 6.61. The number of hydrogen-bond acceptors (Lipinski definition) is 5. The lowest BCUT2D eigenvalue weighted by Crippen LogP contribution is -2.39. The molecule has 2 N–H and O–H groups in total. The largest absolute Gasteiger partial charge is 0.467 e. The number of halogens is 1. The summed E-state index contributed by atoms with van der Waals surface area (Å²) in [5.41, 5.74) is 1.39. The number of sulfonamides is 1. The Hall–Kier alpha value is -2.39. The molecule has 0 radical (unpaired) electrons. The van der Waals surface area contributed by atoms with Crippen molar-refractivity contribution in [3.8, 4) is 0 Å². The summed E-state index contributed by atoms with van der Waals surface area (Å²) in [6.45, 7) is 3.32. The van der Waals surface area contributed by atoms with Gasteiger partial charge in [-0.25, -0.2) is 13.2 Å². The Morgan fingerprint density at radius 1 is 1.15 bits per heavy atom. The van der Waals surface area contributed by atoms with E-state index in [2.05, 4.69) is 30.7 Å². The highest BCUT2D eigenvalue weighted by Crippen LogP contribution is 2.26. The van der Waals surface area contributed by atoms with E-state index in [0.29, 0.717) is 10.2 Å². The molecule has 1 amide bonds. The van der Waals surface area contributed by atoms with Crippen LogP contribution in [0.3, 0.4) is 0 Å². The van der Waals surface area contributed by atoms with E-state index in [-0.39, 0.29) is 10.5 Å². The summed E-state index contributed by atoms with van der Waals surface area (Å²) in [5, 5.41) is 2.46. The van der Waals surface area contributed by atoms with Gasteiger partial charge in [0.05, 0.1) is 17.7 Å². The molecule has 2 aromatic rings. The number of nitrogens with one attached hydrogen (secondary N) is 2. The van der Waals surface area contributed by atoms with Crippen LogP contribution >= 0.6 is 15.9 Å². The number of rotatable bonds is 6. The van der Waals surface area contributed by atoms with E-state index in [0.717, 1.165) is 5.56 Å². The normalized spacial score (nSPS) is 12.1. The van der Waals surface area contributed by atoms with Gasteiger partial charge in [0, 0.05) is 10.0 Å². The van der Waals surface area contributed by atoms with Crippen molar-refractivity contribution < 1.29 is 22.7 Å². The van der Waals surface area contributed by atoms with Gasteiger partial charge < -0.3 is 10.1 Å². The van der Waals surface area contributed by atoms with E-state index in [9.17, 15) is 18.0 Å². The highest BCUT2D eigenvalue weighted by atomic mass is 79.9. The van der Waals surface area contributed by atoms with Gasteiger partial charge in [-0.3, -0.25) is 9.52 Å². The van der Waals surface area contributed by atoms with Gasteiger partial charge in [-0.15, -0.1) is 0 Å². The molecule has 0 bridgehead atoms. The molecule has 7 nitrogen and oxygen atoms in total. The molecule has 0 aliphatic carbocycles. The van der Waals surface area contributed by atoms with E-state index in [1.165, 1.54) is 38.3 Å². The van der Waals surface area contributed by atoms with Gasteiger partial charge in [0.25, 0.3) is 15.9 Å². The molecule has 0 fully saturated rings. The monoisotopic (exact) mass is 454 g/mol. The highest BCUT2D eigenvalue weighted by molar-refractivity contribution is 9.10. The number of methoxy groups -OCH3 is 1. The number of carbonyl (C=O) groups is 2. The maximum Gasteiger partial charge on any atom is 0.328 e. The number of carbonyl (C=O) groups excluding carboxylic acids is 2. The summed E-state index contributed by atoms with van der Waals surface area (Å²) >= 11 is 3.31. The average molecular weight is 455 g/mol. The molecule has 2 rings (SSSR count). The molecule has 0 spiro atoms. The zero-order valence-electron chi connectivity index (χ0n) is 14.9. The molecular weight excluding hydrogens is 436 g/mol. The second-order valence-corrected chi connectivity index (χ2v) is 8.37. The summed E-state index contributed by atoms with van der Waals surface area (Å²) in [4.78, 5) is 23.6. The molecule has 1 atom stereocenters. The molecule has 9 heteroatoms. The van der Waals surface area contributed by atoms with Crippen molar-refractivity contribution in [2.45, 2.75) is 24.8 Å². The van der Waals surface area contributed by atoms with Crippen molar-refractivity contribution in [1.29, 1.82) is 0 Å². The third kappa shape index (κ3) is 5.30. The number of anilines is 1. The van der Waals surface area contributed by atoms with Crippen LogP contribution in [0, 0.1) is 6.92 Å². The molecular formula is C18H19BrN2O5S. The SMILES string of the molecule is COC(=O)[C@H](C)NC(=O)c1cccc(S(=O)(=O)Nc2cc(C)ccc2Br)c1. The zero-order chi connectivity index (χ0) is 20.2. The van der Waals surface area contributed by atoms with Crippen LogP contribution in [0.4, 0.5) is 5.69 Å². The summed E-state index contributed by atoms with van der Waals surface area (Å²) in [6.07, 6.45) is 0. The Labute approximate surface area is 166 Å². The van der Waals surface area contributed by atoms with Crippen molar-refractivity contribution in [2.24, 2.45) is 0 Å². The Morgan fingerprint density at radius 3 is 2.52 bits per heavy atom. The van der Waals surface area contributed by atoms with Crippen molar-refractivity contribution in [2.75, 3.05) is 11.8 Å². The Balaban J connectivity index is 2.26. The van der Waals surface area contributed by atoms with Crippen LogP contribution in [-0.4, -0.2) is 33.4 Å². The van der Waals surface area contributed by atoms with Crippen molar-refractivity contribution in [3.05, 3.63) is 58.1 Å². The van der Waals surface area contributed by atoms with Gasteiger partial charge in [-0.2, -0.15) is 0 Å². The molecule has 0 saturated heterocycles. The third-order valence-electron chi connectivity index (χ3n) is 3.68. The van der Waals surface area contributed by atoms with Crippen LogP contribution in [0.2, 0.25) is 0 Å². The van der Waals surface area contributed by atoms with Gasteiger partial charge in [0.2, 0.25) is 0 Å². The Bertz CT molecular complexity index is 975. The van der Waals surface area contributed by atoms with Crippen LogP contribution in [0.15, 0.2) is 51.8 Å². The van der Waals surface area contributed by atoms with E-state index in [1.807, 2.05) is 13.0 Å². The van der Waals surface area contributed by atoms with Crippen molar-refractivity contribution in [3.63, 3.8) is 0 Å². The fourth-order valence-electron chi connectivity index (χ4n) is 2.24. The van der Waals surface area contributed by atoms with Crippen LogP contribution in [0.5, 0.6) is 0 Å². The first-order chi connectivity index (χ1) is 12.6. The predicted octanol–water partition coefficient (Wildman–Crippen LogP) is 2.85. The van der Waals surface area contributed by atoms with Crippen LogP contribution in [0.1, 0.15) is 22.8 Å². The summed E-state index contributed by atoms with van der Waals surface area (Å²) in [6, 6.07) is 9.96. The predicted molar refractivity (Wildman–Crippen MR) is 105 cm³/mol. The molecule has 0 unspecified atom stereocenters. The lowest BCUT2D eigenvalue weighted by atomic mass is 10.2. The van der Waals surface area contributed by atoms with Gasteiger partial charge >= 0.3 is 5.97 Å². The maximum absolute atomic E-state index is 12.7. The number of esters is 1. The number of amides is 1. The molecule has 0 heterocycles. The summed E-state index contributed by atoms with van der Waals surface area (Å²) in [5.74, 6) is -1.18. The minimum atomic E-state index is -3.91. The molecule has 0 aliphatic rings. The van der Waals surface area contributed by atoms with Crippen LogP contribution in [0.25, 0.3) is 0 Å². The second-order valence-electron chi connectivity index (χ2n) is 5.83. The standard InChI is InChI=1S/C18H19BrN2O5S/c1-11-7-8-15(19)16(9-11)21-27(24,25)14-6-4-5-13(10-14)17(22)20-12(2)18(23)26-3/h4-10,12,21H,1-3H3,(H,20,22)/t12-/m0/s1. The van der Waals surface area contributed by atoms with Gasteiger partial charge in [0.15, 0.2) is 0 Å². The fraction of sp³-hybridized carbons (Fsp3) is 0.222. The first-order valence-electron chi connectivity index (χ1n) is 7.92. The minimum Gasteiger partial charge on any atom is -0.467 e. The smallest absolute Gasteiger partial charge is 0.328 e. The zero-order valence-corrected chi connectivity index (χ0v) is 17.3. The maximum atomic E-state index is 12.7. The fourth-order valence-corrected chi connectivity index (χ4v) is 3.83. The van der Waals surface area contributed by atoms with E-state index in [4.69, 9.17) is 0 Å². The number of hydrogen-bond donors (Lipinski definition) is 2. The number of aryl methyl sites for hydroxylation is 1. The third-order valence-corrected chi connectivity index (χ3v) is 5.73.